The van der Waals surface area contributed by atoms with Crippen molar-refractivity contribution >= 4 is 22.6 Å². The van der Waals surface area contributed by atoms with Crippen molar-refractivity contribution in [3.8, 4) is 5.75 Å². The number of benzene rings is 1. The third kappa shape index (κ3) is 5.41. The number of fused-ring (bicyclic) bond motifs is 1. The van der Waals surface area contributed by atoms with Gasteiger partial charge >= 0.3 is 0 Å². The summed E-state index contributed by atoms with van der Waals surface area (Å²) in [5, 5.41) is 2.61. The van der Waals surface area contributed by atoms with Crippen LogP contribution in [-0.4, -0.2) is 22.5 Å². The minimum atomic E-state index is -0.583. The molecular weight excluding hydrogens is 381 g/mol. The van der Waals surface area contributed by atoms with Crippen LogP contribution in [0.2, 0.25) is 0 Å². The van der Waals surface area contributed by atoms with E-state index >= 15 is 0 Å². The number of hydrogen-bond donors (Lipinski definition) is 1. The van der Waals surface area contributed by atoms with Crippen LogP contribution in [-0.2, 0) is 0 Å². The average molecular weight is 407 g/mol. The van der Waals surface area contributed by atoms with Gasteiger partial charge in [0.15, 0.2) is 11.6 Å². The zero-order valence-electron chi connectivity index (χ0n) is 17.3. The molecule has 30 heavy (non-hydrogen) atoms. The van der Waals surface area contributed by atoms with Gasteiger partial charge in [-0.2, -0.15) is 0 Å². The van der Waals surface area contributed by atoms with Crippen molar-refractivity contribution in [1.82, 2.24) is 9.97 Å². The van der Waals surface area contributed by atoms with Gasteiger partial charge in [-0.1, -0.05) is 18.2 Å². The maximum Gasteiger partial charge on any atom is 0.274 e. The van der Waals surface area contributed by atoms with Crippen molar-refractivity contribution in [2.75, 3.05) is 11.9 Å². The smallest absolute Gasteiger partial charge is 0.274 e. The molecule has 0 aliphatic heterocycles. The number of hydrogen-bond acceptors (Lipinski definition) is 4. The van der Waals surface area contributed by atoms with E-state index in [-0.39, 0.29) is 17.1 Å². The second-order valence-corrected chi connectivity index (χ2v) is 7.03. The Morgan fingerprint density at radius 2 is 2.03 bits per heavy atom. The molecule has 0 saturated carbocycles. The summed E-state index contributed by atoms with van der Waals surface area (Å²) in [4.78, 5) is 21.3. The summed E-state index contributed by atoms with van der Waals surface area (Å²) in [5.41, 5.74) is 2.30. The average Bonchev–Trinajstić information content (AvgIpc) is 2.75. The Morgan fingerprint density at radius 1 is 1.17 bits per heavy atom. The topological polar surface area (TPSA) is 64.1 Å². The number of aryl methyl sites for hydroxylation is 1. The molecule has 0 bridgehead atoms. The number of carbonyl (C=O) groups excluding carboxylic acids is 1. The lowest BCUT2D eigenvalue weighted by Crippen LogP contribution is -2.16. The molecule has 2 heterocycles. The molecule has 0 aliphatic rings. The largest absolute Gasteiger partial charge is 0.490 e. The number of carbonyl (C=O) groups is 1. The first-order chi connectivity index (χ1) is 14.6. The third-order valence-corrected chi connectivity index (χ3v) is 4.71. The summed E-state index contributed by atoms with van der Waals surface area (Å²) in [6, 6.07) is 10.1. The summed E-state index contributed by atoms with van der Waals surface area (Å²) >= 11 is 0. The standard InChI is InChI=1S/C24H26FN3O2/c1-3-4-5-6-7-8-15-30-21-13-9-11-19(22(21)25)28-24(29)23-17(2)16-20-18(27-23)12-10-14-26-20/h3-4,9-14,16H,5-8,15H2,1-2H3,(H,28,29). The number of aromatic nitrogens is 2. The second-order valence-electron chi connectivity index (χ2n) is 7.03. The summed E-state index contributed by atoms with van der Waals surface area (Å²) in [7, 11) is 0. The monoisotopic (exact) mass is 407 g/mol. The first kappa shape index (κ1) is 21.4. The molecule has 3 rings (SSSR count). The number of allylic oxidation sites excluding steroid dienone is 2. The first-order valence-corrected chi connectivity index (χ1v) is 10.2. The second kappa shape index (κ2) is 10.5. The lowest BCUT2D eigenvalue weighted by Gasteiger charge is -2.12. The third-order valence-electron chi connectivity index (χ3n) is 4.71. The van der Waals surface area contributed by atoms with E-state index in [1.165, 1.54) is 6.07 Å². The fraction of sp³-hybridized carbons (Fsp3) is 0.292. The van der Waals surface area contributed by atoms with Gasteiger partial charge in [-0.3, -0.25) is 9.78 Å². The molecule has 0 aliphatic carbocycles. The fourth-order valence-electron chi connectivity index (χ4n) is 3.12. The SMILES string of the molecule is CC=CCCCCCOc1cccc(NC(=O)c2nc3cccnc3cc2C)c1F. The van der Waals surface area contributed by atoms with Crippen LogP contribution in [0.4, 0.5) is 10.1 Å². The minimum absolute atomic E-state index is 0.0677. The Bertz CT molecular complexity index is 1050. The Kier molecular flexibility index (Phi) is 7.49. The van der Waals surface area contributed by atoms with E-state index in [1.54, 1.807) is 43.5 Å². The van der Waals surface area contributed by atoms with Crippen LogP contribution in [0.3, 0.4) is 0 Å². The Balaban J connectivity index is 1.65. The number of anilines is 1. The van der Waals surface area contributed by atoms with E-state index in [0.717, 1.165) is 25.7 Å². The fourth-order valence-corrected chi connectivity index (χ4v) is 3.12. The molecule has 0 spiro atoms. The lowest BCUT2D eigenvalue weighted by atomic mass is 10.1. The molecule has 3 aromatic rings. The van der Waals surface area contributed by atoms with Crippen LogP contribution in [0.1, 0.15) is 48.7 Å². The maximum atomic E-state index is 14.8. The molecule has 0 radical (unpaired) electrons. The van der Waals surface area contributed by atoms with E-state index in [4.69, 9.17) is 4.74 Å². The highest BCUT2D eigenvalue weighted by atomic mass is 19.1. The number of nitrogens with zero attached hydrogens (tertiary/aromatic N) is 2. The van der Waals surface area contributed by atoms with Gasteiger partial charge in [-0.15, -0.1) is 0 Å². The molecule has 1 N–H and O–H groups in total. The Morgan fingerprint density at radius 3 is 2.87 bits per heavy atom. The molecule has 0 fully saturated rings. The number of unbranched alkanes of at least 4 members (excludes halogenated alkanes) is 3. The number of ether oxygens (including phenoxy) is 1. The highest BCUT2D eigenvalue weighted by Gasteiger charge is 2.16. The van der Waals surface area contributed by atoms with E-state index < -0.39 is 11.7 Å². The molecule has 5 nitrogen and oxygen atoms in total. The Labute approximate surface area is 176 Å². The lowest BCUT2D eigenvalue weighted by molar-refractivity contribution is 0.102. The van der Waals surface area contributed by atoms with Crippen molar-refractivity contribution in [1.29, 1.82) is 0 Å². The molecule has 156 valence electrons. The van der Waals surface area contributed by atoms with Crippen LogP contribution in [0.5, 0.6) is 5.75 Å². The van der Waals surface area contributed by atoms with E-state index in [0.29, 0.717) is 23.2 Å². The van der Waals surface area contributed by atoms with Gasteiger partial charge in [0, 0.05) is 6.20 Å². The number of nitrogens with one attached hydrogen (secondary N) is 1. The van der Waals surface area contributed by atoms with Crippen molar-refractivity contribution in [2.45, 2.75) is 39.5 Å². The zero-order valence-corrected chi connectivity index (χ0v) is 17.3. The van der Waals surface area contributed by atoms with Gasteiger partial charge in [-0.25, -0.2) is 9.37 Å². The van der Waals surface area contributed by atoms with E-state index in [2.05, 4.69) is 21.4 Å². The van der Waals surface area contributed by atoms with Gasteiger partial charge < -0.3 is 10.1 Å². The quantitative estimate of drug-likeness (QED) is 0.357. The summed E-state index contributed by atoms with van der Waals surface area (Å²) < 4.78 is 20.4. The van der Waals surface area contributed by atoms with Crippen molar-refractivity contribution in [3.63, 3.8) is 0 Å². The number of amides is 1. The van der Waals surface area contributed by atoms with E-state index in [9.17, 15) is 9.18 Å². The molecule has 0 saturated heterocycles. The first-order valence-electron chi connectivity index (χ1n) is 10.2. The zero-order chi connectivity index (χ0) is 21.3. The number of rotatable bonds is 9. The molecule has 0 unspecified atom stereocenters. The summed E-state index contributed by atoms with van der Waals surface area (Å²) in [6.45, 7) is 4.22. The minimum Gasteiger partial charge on any atom is -0.490 e. The summed E-state index contributed by atoms with van der Waals surface area (Å²) in [6.07, 6.45) is 9.84. The van der Waals surface area contributed by atoms with Crippen molar-refractivity contribution in [2.24, 2.45) is 0 Å². The van der Waals surface area contributed by atoms with Crippen LogP contribution in [0, 0.1) is 12.7 Å². The normalized spacial score (nSPS) is 11.2. The van der Waals surface area contributed by atoms with Gasteiger partial charge in [0.2, 0.25) is 0 Å². The highest BCUT2D eigenvalue weighted by Crippen LogP contribution is 2.25. The van der Waals surface area contributed by atoms with Crippen LogP contribution in [0.25, 0.3) is 11.0 Å². The van der Waals surface area contributed by atoms with Crippen LogP contribution >= 0.6 is 0 Å². The van der Waals surface area contributed by atoms with Crippen LogP contribution in [0.15, 0.2) is 54.7 Å². The van der Waals surface area contributed by atoms with E-state index in [1.807, 2.05) is 13.0 Å². The highest BCUT2D eigenvalue weighted by molar-refractivity contribution is 6.05. The number of pyridine rings is 2. The number of halogens is 1. The van der Waals surface area contributed by atoms with Gasteiger partial charge in [0.1, 0.15) is 5.69 Å². The molecular formula is C24H26FN3O2. The molecule has 0 atom stereocenters. The van der Waals surface area contributed by atoms with Crippen molar-refractivity contribution < 1.29 is 13.9 Å². The van der Waals surface area contributed by atoms with Crippen molar-refractivity contribution in [3.05, 3.63) is 71.8 Å². The van der Waals surface area contributed by atoms with Crippen LogP contribution < -0.4 is 10.1 Å². The van der Waals surface area contributed by atoms with Gasteiger partial charge in [0.05, 0.1) is 23.3 Å². The molecule has 1 aromatic carbocycles. The predicted octanol–water partition coefficient (Wildman–Crippen LogP) is 5.84. The predicted molar refractivity (Wildman–Crippen MR) is 117 cm³/mol. The van der Waals surface area contributed by atoms with Gasteiger partial charge in [-0.05, 0) is 75.4 Å². The van der Waals surface area contributed by atoms with Gasteiger partial charge in [0.25, 0.3) is 5.91 Å². The molecule has 6 heteroatoms. The maximum absolute atomic E-state index is 14.8. The Hall–Kier alpha value is -3.28. The molecule has 1 amide bonds. The molecule has 2 aromatic heterocycles. The summed E-state index contributed by atoms with van der Waals surface area (Å²) in [5.74, 6) is -0.924.